The highest BCUT2D eigenvalue weighted by Gasteiger charge is 2.41. The van der Waals surface area contributed by atoms with Gasteiger partial charge in [-0.3, -0.25) is 0 Å². The second-order valence-electron chi connectivity index (χ2n) is 3.40. The van der Waals surface area contributed by atoms with E-state index in [2.05, 4.69) is 24.4 Å². The third-order valence-electron chi connectivity index (χ3n) is 2.52. The minimum Gasteiger partial charge on any atom is -0.302 e. The first kappa shape index (κ1) is 9.95. The molecule has 0 spiro atoms. The molecule has 0 heterocycles. The molecule has 0 amide bonds. The highest BCUT2D eigenvalue weighted by molar-refractivity contribution is 8.00. The summed E-state index contributed by atoms with van der Waals surface area (Å²) in [5, 5.41) is 3.42. The molecule has 0 radical (unpaired) electrons. The monoisotopic (exact) mass is 183 g/mol. The fourth-order valence-corrected chi connectivity index (χ4v) is 1.96. The molecule has 1 saturated carbocycles. The number of thioether (sulfide) groups is 1. The average Bonchev–Trinajstić information content (AvgIpc) is 2.87. The predicted molar refractivity (Wildman–Crippen MR) is 56.4 cm³/mol. The molecule has 1 N–H and O–H groups in total. The van der Waals surface area contributed by atoms with Crippen LogP contribution in [0.4, 0.5) is 0 Å². The molecule has 68 valence electrons. The van der Waals surface area contributed by atoms with E-state index in [4.69, 9.17) is 6.42 Å². The second kappa shape index (κ2) is 4.20. The molecule has 1 rings (SSSR count). The summed E-state index contributed by atoms with van der Waals surface area (Å²) in [6.45, 7) is 3.20. The molecule has 0 saturated heterocycles. The van der Waals surface area contributed by atoms with Crippen molar-refractivity contribution in [1.29, 1.82) is 0 Å². The van der Waals surface area contributed by atoms with Crippen LogP contribution in [0.3, 0.4) is 0 Å². The molecule has 0 aliphatic heterocycles. The zero-order valence-electron chi connectivity index (χ0n) is 7.89. The Morgan fingerprint density at radius 2 is 2.33 bits per heavy atom. The summed E-state index contributed by atoms with van der Waals surface area (Å²) < 4.78 is 0.532. The van der Waals surface area contributed by atoms with Gasteiger partial charge in [0.05, 0.1) is 6.04 Å². The fraction of sp³-hybridized carbons (Fsp3) is 0.800. The van der Waals surface area contributed by atoms with Gasteiger partial charge in [-0.2, -0.15) is 11.8 Å². The zero-order valence-corrected chi connectivity index (χ0v) is 8.71. The molecule has 0 aromatic heterocycles. The summed E-state index contributed by atoms with van der Waals surface area (Å²) >= 11 is 1.97. The molecule has 1 unspecified atom stereocenters. The van der Waals surface area contributed by atoms with Gasteiger partial charge in [-0.1, -0.05) is 12.8 Å². The quantitative estimate of drug-likeness (QED) is 0.653. The lowest BCUT2D eigenvalue weighted by Gasteiger charge is -2.16. The van der Waals surface area contributed by atoms with Gasteiger partial charge in [0.15, 0.2) is 0 Å². The summed E-state index contributed by atoms with van der Waals surface area (Å²) in [6, 6.07) is 0.273. The van der Waals surface area contributed by atoms with E-state index in [1.807, 2.05) is 11.8 Å². The van der Waals surface area contributed by atoms with Gasteiger partial charge in [-0.15, -0.1) is 6.42 Å². The Morgan fingerprint density at radius 3 is 2.67 bits per heavy atom. The van der Waals surface area contributed by atoms with Gasteiger partial charge < -0.3 is 5.32 Å². The molecular weight excluding hydrogens is 166 g/mol. The highest BCUT2D eigenvalue weighted by Crippen LogP contribution is 2.46. The van der Waals surface area contributed by atoms with Crippen molar-refractivity contribution in [2.75, 3.05) is 12.8 Å². The summed E-state index contributed by atoms with van der Waals surface area (Å²) in [5.41, 5.74) is 0. The van der Waals surface area contributed by atoms with Crippen molar-refractivity contribution in [2.24, 2.45) is 0 Å². The Labute approximate surface area is 79.7 Å². The van der Waals surface area contributed by atoms with Crippen molar-refractivity contribution in [3.05, 3.63) is 0 Å². The molecule has 1 fully saturated rings. The molecule has 1 nitrogen and oxygen atoms in total. The average molecular weight is 183 g/mol. The van der Waals surface area contributed by atoms with Gasteiger partial charge in [0.2, 0.25) is 0 Å². The maximum absolute atomic E-state index is 5.36. The number of hydrogen-bond donors (Lipinski definition) is 1. The van der Waals surface area contributed by atoms with Gasteiger partial charge >= 0.3 is 0 Å². The van der Waals surface area contributed by atoms with Crippen LogP contribution in [0.5, 0.6) is 0 Å². The smallest absolute Gasteiger partial charge is 0.0684 e. The van der Waals surface area contributed by atoms with Crippen LogP contribution in [0.25, 0.3) is 0 Å². The lowest BCUT2D eigenvalue weighted by atomic mass is 10.2. The van der Waals surface area contributed by atoms with Crippen LogP contribution in [-0.4, -0.2) is 23.6 Å². The maximum atomic E-state index is 5.36. The first-order chi connectivity index (χ1) is 5.76. The zero-order chi connectivity index (χ0) is 9.03. The van der Waals surface area contributed by atoms with E-state index < -0.39 is 0 Å². The summed E-state index contributed by atoms with van der Waals surface area (Å²) in [6.07, 6.45) is 11.3. The van der Waals surface area contributed by atoms with E-state index in [1.54, 1.807) is 0 Å². The third-order valence-corrected chi connectivity index (χ3v) is 3.94. The van der Waals surface area contributed by atoms with E-state index in [1.165, 1.54) is 12.8 Å². The number of nitrogens with one attached hydrogen (secondary N) is 1. The van der Waals surface area contributed by atoms with Crippen molar-refractivity contribution >= 4 is 11.8 Å². The highest BCUT2D eigenvalue weighted by atomic mass is 32.2. The van der Waals surface area contributed by atoms with Crippen LogP contribution in [0.15, 0.2) is 0 Å². The van der Waals surface area contributed by atoms with E-state index in [0.29, 0.717) is 4.75 Å². The number of rotatable bonds is 5. The molecule has 1 atom stereocenters. The molecule has 12 heavy (non-hydrogen) atoms. The topological polar surface area (TPSA) is 12.0 Å². The largest absolute Gasteiger partial charge is 0.302 e. The van der Waals surface area contributed by atoms with Gasteiger partial charge in [-0.25, -0.2) is 0 Å². The molecule has 1 aliphatic carbocycles. The van der Waals surface area contributed by atoms with E-state index >= 15 is 0 Å². The predicted octanol–water partition coefficient (Wildman–Crippen LogP) is 1.88. The second-order valence-corrected chi connectivity index (χ2v) is 4.67. The standard InChI is InChI=1S/C10H17NS/c1-4-9(5-2)11-8-10(12-3)6-7-10/h1,9,11H,5-8H2,2-3H3. The van der Waals surface area contributed by atoms with Crippen LogP contribution in [-0.2, 0) is 0 Å². The van der Waals surface area contributed by atoms with Crippen LogP contribution in [0, 0.1) is 12.3 Å². The lowest BCUT2D eigenvalue weighted by Crippen LogP contribution is -2.33. The Balaban J connectivity index is 2.21. The Kier molecular flexibility index (Phi) is 3.49. The minimum absolute atomic E-state index is 0.273. The maximum Gasteiger partial charge on any atom is 0.0684 e. The van der Waals surface area contributed by atoms with Crippen LogP contribution in [0.1, 0.15) is 26.2 Å². The molecule has 0 aromatic rings. The minimum atomic E-state index is 0.273. The molecule has 1 aliphatic rings. The summed E-state index contributed by atoms with van der Waals surface area (Å²) in [4.78, 5) is 0. The van der Waals surface area contributed by atoms with Crippen LogP contribution < -0.4 is 5.32 Å². The molecule has 2 heteroatoms. The van der Waals surface area contributed by atoms with Gasteiger partial charge in [0.25, 0.3) is 0 Å². The van der Waals surface area contributed by atoms with Crippen LogP contribution in [0.2, 0.25) is 0 Å². The SMILES string of the molecule is C#CC(CC)NCC1(SC)CC1. The first-order valence-electron chi connectivity index (χ1n) is 4.51. The first-order valence-corrected chi connectivity index (χ1v) is 5.73. The van der Waals surface area contributed by atoms with Crippen molar-refractivity contribution in [3.8, 4) is 12.3 Å². The molecular formula is C10H17NS. The van der Waals surface area contributed by atoms with E-state index in [9.17, 15) is 0 Å². The van der Waals surface area contributed by atoms with Crippen molar-refractivity contribution < 1.29 is 0 Å². The van der Waals surface area contributed by atoms with E-state index in [-0.39, 0.29) is 6.04 Å². The van der Waals surface area contributed by atoms with Crippen molar-refractivity contribution in [1.82, 2.24) is 5.32 Å². The van der Waals surface area contributed by atoms with Gasteiger partial charge in [0.1, 0.15) is 0 Å². The summed E-state index contributed by atoms with van der Waals surface area (Å²) in [5.74, 6) is 2.76. The van der Waals surface area contributed by atoms with Crippen molar-refractivity contribution in [2.45, 2.75) is 37.0 Å². The Hall–Kier alpha value is -0.130. The summed E-state index contributed by atoms with van der Waals surface area (Å²) in [7, 11) is 0. The number of terminal acetylenes is 1. The fourth-order valence-electron chi connectivity index (χ4n) is 1.22. The Bertz CT molecular complexity index is 179. The number of hydrogen-bond acceptors (Lipinski definition) is 2. The molecule has 0 aromatic carbocycles. The van der Waals surface area contributed by atoms with E-state index in [0.717, 1.165) is 13.0 Å². The van der Waals surface area contributed by atoms with Crippen LogP contribution >= 0.6 is 11.8 Å². The Morgan fingerprint density at radius 1 is 1.67 bits per heavy atom. The van der Waals surface area contributed by atoms with Gasteiger partial charge in [-0.05, 0) is 25.5 Å². The lowest BCUT2D eigenvalue weighted by molar-refractivity contribution is 0.580. The normalized spacial score (nSPS) is 21.4. The third kappa shape index (κ3) is 2.43. The van der Waals surface area contributed by atoms with Crippen molar-refractivity contribution in [3.63, 3.8) is 0 Å². The van der Waals surface area contributed by atoms with Gasteiger partial charge in [0, 0.05) is 11.3 Å². The molecule has 0 bridgehead atoms.